The SMILES string of the molecule is O=C(O)Oc1c(OCC(F)(F)F)nc2ccc(Cl)cc2c1-c1ccccc1. The molecule has 0 unspecified atom stereocenters. The van der Waals surface area contributed by atoms with Crippen molar-refractivity contribution in [1.29, 1.82) is 0 Å². The standard InChI is InChI=1S/C18H11ClF3NO4/c19-11-6-7-13-12(8-11)14(10-4-2-1-3-5-10)15(27-17(24)25)16(23-13)26-9-18(20,21)22/h1-8H,9H2,(H,24,25). The molecule has 3 rings (SSSR count). The fourth-order valence-corrected chi connectivity index (χ4v) is 2.69. The number of aromatic nitrogens is 1. The predicted octanol–water partition coefficient (Wildman–Crippen LogP) is 5.55. The van der Waals surface area contributed by atoms with Gasteiger partial charge in [0.05, 0.1) is 5.52 Å². The minimum Gasteiger partial charge on any atom is -0.465 e. The fourth-order valence-electron chi connectivity index (χ4n) is 2.52. The highest BCUT2D eigenvalue weighted by molar-refractivity contribution is 6.31. The van der Waals surface area contributed by atoms with Gasteiger partial charge in [-0.3, -0.25) is 0 Å². The van der Waals surface area contributed by atoms with Crippen LogP contribution in [0.3, 0.4) is 0 Å². The summed E-state index contributed by atoms with van der Waals surface area (Å²) in [5.41, 5.74) is 0.983. The Morgan fingerprint density at radius 2 is 1.85 bits per heavy atom. The summed E-state index contributed by atoms with van der Waals surface area (Å²) >= 11 is 6.03. The van der Waals surface area contributed by atoms with Gasteiger partial charge in [0.25, 0.3) is 5.88 Å². The first kappa shape index (κ1) is 18.8. The second kappa shape index (κ2) is 7.32. The van der Waals surface area contributed by atoms with Crippen LogP contribution in [-0.2, 0) is 0 Å². The van der Waals surface area contributed by atoms with Crippen molar-refractivity contribution in [1.82, 2.24) is 4.98 Å². The minimum absolute atomic E-state index is 0.211. The van der Waals surface area contributed by atoms with Crippen molar-refractivity contribution in [2.24, 2.45) is 0 Å². The molecule has 1 N–H and O–H groups in total. The van der Waals surface area contributed by atoms with Gasteiger partial charge in [-0.2, -0.15) is 13.2 Å². The second-order valence-electron chi connectivity index (χ2n) is 5.42. The number of benzene rings is 2. The van der Waals surface area contributed by atoms with Gasteiger partial charge in [-0.15, -0.1) is 0 Å². The van der Waals surface area contributed by atoms with Gasteiger partial charge in [0, 0.05) is 16.0 Å². The van der Waals surface area contributed by atoms with Crippen molar-refractivity contribution in [2.45, 2.75) is 6.18 Å². The van der Waals surface area contributed by atoms with Gasteiger partial charge in [0.15, 0.2) is 6.61 Å². The van der Waals surface area contributed by atoms with Gasteiger partial charge in [-0.05, 0) is 23.8 Å². The molecule has 0 amide bonds. The summed E-state index contributed by atoms with van der Waals surface area (Å²) in [5.74, 6) is -1.02. The Morgan fingerprint density at radius 3 is 2.48 bits per heavy atom. The molecule has 1 aromatic heterocycles. The highest BCUT2D eigenvalue weighted by Crippen LogP contribution is 2.43. The molecule has 0 atom stereocenters. The van der Waals surface area contributed by atoms with Crippen molar-refractivity contribution in [3.05, 3.63) is 53.6 Å². The Bertz CT molecular complexity index is 993. The van der Waals surface area contributed by atoms with Crippen LogP contribution < -0.4 is 9.47 Å². The van der Waals surface area contributed by atoms with E-state index in [4.69, 9.17) is 26.2 Å². The van der Waals surface area contributed by atoms with Crippen LogP contribution in [0, 0.1) is 0 Å². The number of halogens is 4. The maximum absolute atomic E-state index is 12.6. The molecule has 27 heavy (non-hydrogen) atoms. The normalized spacial score (nSPS) is 11.4. The predicted molar refractivity (Wildman–Crippen MR) is 92.4 cm³/mol. The Kier molecular flexibility index (Phi) is 5.09. The first-order valence-corrected chi connectivity index (χ1v) is 7.91. The Labute approximate surface area is 155 Å². The molecule has 0 fully saturated rings. The fraction of sp³-hybridized carbons (Fsp3) is 0.111. The molecule has 0 bridgehead atoms. The lowest BCUT2D eigenvalue weighted by Crippen LogP contribution is -2.20. The third-order valence-electron chi connectivity index (χ3n) is 3.50. The average Bonchev–Trinajstić information content (AvgIpc) is 2.59. The quantitative estimate of drug-likeness (QED) is 0.584. The summed E-state index contributed by atoms with van der Waals surface area (Å²) in [5, 5.41) is 9.81. The second-order valence-corrected chi connectivity index (χ2v) is 5.86. The van der Waals surface area contributed by atoms with E-state index < -0.39 is 30.6 Å². The summed E-state index contributed by atoms with van der Waals surface area (Å²) < 4.78 is 47.3. The lowest BCUT2D eigenvalue weighted by atomic mass is 10.00. The maximum Gasteiger partial charge on any atom is 0.511 e. The smallest absolute Gasteiger partial charge is 0.465 e. The number of pyridine rings is 1. The molecule has 1 heterocycles. The lowest BCUT2D eigenvalue weighted by molar-refractivity contribution is -0.154. The molecule has 0 saturated carbocycles. The first-order chi connectivity index (χ1) is 12.7. The average molecular weight is 398 g/mol. The van der Waals surface area contributed by atoms with Gasteiger partial charge in [0.2, 0.25) is 5.75 Å². The number of ether oxygens (including phenoxy) is 2. The number of nitrogens with zero attached hydrogens (tertiary/aromatic N) is 1. The van der Waals surface area contributed by atoms with Crippen LogP contribution in [0.25, 0.3) is 22.0 Å². The van der Waals surface area contributed by atoms with E-state index in [1.807, 2.05) is 0 Å². The summed E-state index contributed by atoms with van der Waals surface area (Å²) in [7, 11) is 0. The van der Waals surface area contributed by atoms with Crippen LogP contribution in [0.4, 0.5) is 18.0 Å². The molecule has 9 heteroatoms. The Balaban J connectivity index is 2.31. The molecule has 0 saturated heterocycles. The molecule has 5 nitrogen and oxygen atoms in total. The van der Waals surface area contributed by atoms with Crippen LogP contribution in [0.1, 0.15) is 0 Å². The molecular weight excluding hydrogens is 387 g/mol. The molecule has 0 radical (unpaired) electrons. The first-order valence-electron chi connectivity index (χ1n) is 7.53. The van der Waals surface area contributed by atoms with Crippen LogP contribution in [-0.4, -0.2) is 29.0 Å². The zero-order valence-corrected chi connectivity index (χ0v) is 14.2. The minimum atomic E-state index is -4.63. The van der Waals surface area contributed by atoms with E-state index in [1.165, 1.54) is 18.2 Å². The zero-order valence-electron chi connectivity index (χ0n) is 13.5. The van der Waals surface area contributed by atoms with Crippen LogP contribution in [0.5, 0.6) is 11.6 Å². The number of carbonyl (C=O) groups is 1. The van der Waals surface area contributed by atoms with E-state index in [0.717, 1.165) is 0 Å². The Hall–Kier alpha value is -3.00. The number of alkyl halides is 3. The van der Waals surface area contributed by atoms with E-state index in [0.29, 0.717) is 16.0 Å². The summed E-state index contributed by atoms with van der Waals surface area (Å²) in [6.45, 7) is -1.65. The Morgan fingerprint density at radius 1 is 1.15 bits per heavy atom. The highest BCUT2D eigenvalue weighted by atomic mass is 35.5. The third-order valence-corrected chi connectivity index (χ3v) is 3.73. The van der Waals surface area contributed by atoms with Crippen LogP contribution in [0.2, 0.25) is 5.02 Å². The van der Waals surface area contributed by atoms with Gasteiger partial charge in [-0.25, -0.2) is 9.78 Å². The van der Waals surface area contributed by atoms with Crippen LogP contribution in [0.15, 0.2) is 48.5 Å². The number of rotatable bonds is 4. The molecule has 0 aliphatic carbocycles. The summed E-state index contributed by atoms with van der Waals surface area (Å²) in [6, 6.07) is 12.9. The van der Waals surface area contributed by atoms with Crippen molar-refractivity contribution in [3.63, 3.8) is 0 Å². The van der Waals surface area contributed by atoms with Crippen molar-refractivity contribution < 1.29 is 32.5 Å². The molecule has 2 aromatic carbocycles. The highest BCUT2D eigenvalue weighted by Gasteiger charge is 2.31. The molecule has 140 valence electrons. The van der Waals surface area contributed by atoms with E-state index >= 15 is 0 Å². The number of hydrogen-bond donors (Lipinski definition) is 1. The maximum atomic E-state index is 12.6. The van der Waals surface area contributed by atoms with Crippen molar-refractivity contribution >= 4 is 28.7 Å². The van der Waals surface area contributed by atoms with Gasteiger partial charge >= 0.3 is 12.3 Å². The van der Waals surface area contributed by atoms with E-state index in [9.17, 15) is 18.0 Å². The largest absolute Gasteiger partial charge is 0.511 e. The molecule has 0 spiro atoms. The molecule has 0 aliphatic heterocycles. The summed E-state index contributed by atoms with van der Waals surface area (Å²) in [4.78, 5) is 15.1. The van der Waals surface area contributed by atoms with Crippen molar-refractivity contribution in [3.8, 4) is 22.8 Å². The lowest BCUT2D eigenvalue weighted by Gasteiger charge is -2.17. The van der Waals surface area contributed by atoms with Crippen LogP contribution >= 0.6 is 11.6 Å². The van der Waals surface area contributed by atoms with Gasteiger partial charge in [0.1, 0.15) is 0 Å². The molecule has 0 aliphatic rings. The van der Waals surface area contributed by atoms with E-state index in [1.54, 1.807) is 30.3 Å². The van der Waals surface area contributed by atoms with Crippen molar-refractivity contribution in [2.75, 3.05) is 6.61 Å². The topological polar surface area (TPSA) is 68.7 Å². The molecular formula is C18H11ClF3NO4. The zero-order chi connectivity index (χ0) is 19.6. The van der Waals surface area contributed by atoms with E-state index in [-0.39, 0.29) is 11.1 Å². The number of fused-ring (bicyclic) bond motifs is 1. The van der Waals surface area contributed by atoms with Gasteiger partial charge in [-0.1, -0.05) is 41.9 Å². The number of carboxylic acid groups (broad SMARTS) is 1. The summed E-state index contributed by atoms with van der Waals surface area (Å²) in [6.07, 6.45) is -6.35. The molecule has 3 aromatic rings. The monoisotopic (exact) mass is 397 g/mol. The van der Waals surface area contributed by atoms with E-state index in [2.05, 4.69) is 4.98 Å². The van der Waals surface area contributed by atoms with Gasteiger partial charge < -0.3 is 14.6 Å². The third kappa shape index (κ3) is 4.40. The number of hydrogen-bond acceptors (Lipinski definition) is 4.